The maximum atomic E-state index is 12.3. The number of rotatable bonds is 7. The van der Waals surface area contributed by atoms with Crippen LogP contribution in [0.4, 0.5) is 0 Å². The number of benzene rings is 1. The molecule has 0 heterocycles. The lowest BCUT2D eigenvalue weighted by Crippen LogP contribution is -2.28. The molecule has 19 heavy (non-hydrogen) atoms. The third kappa shape index (κ3) is 4.14. The van der Waals surface area contributed by atoms with Crippen LogP contribution in [-0.4, -0.2) is 32.1 Å². The van der Waals surface area contributed by atoms with Gasteiger partial charge in [0, 0.05) is 19.2 Å². The Morgan fingerprint density at radius 2 is 1.95 bits per heavy atom. The minimum atomic E-state index is -3.49. The highest BCUT2D eigenvalue weighted by molar-refractivity contribution is 7.89. The predicted molar refractivity (Wildman–Crippen MR) is 75.8 cm³/mol. The fraction of sp³-hybridized carbons (Fsp3) is 0.500. The predicted octanol–water partition coefficient (Wildman–Crippen LogP) is 2.70. The van der Waals surface area contributed by atoms with E-state index in [0.717, 1.165) is 19.3 Å². The topological polar surface area (TPSA) is 54.5 Å². The molecule has 5 heteroatoms. The van der Waals surface area contributed by atoms with Gasteiger partial charge in [0.1, 0.15) is 0 Å². The summed E-state index contributed by atoms with van der Waals surface area (Å²) >= 11 is 0. The van der Waals surface area contributed by atoms with Crippen LogP contribution in [0.1, 0.15) is 43.5 Å². The van der Waals surface area contributed by atoms with Gasteiger partial charge in [0.2, 0.25) is 10.0 Å². The van der Waals surface area contributed by atoms with E-state index in [1.165, 1.54) is 23.4 Å². The lowest BCUT2D eigenvalue weighted by molar-refractivity contribution is 0.101. The molecule has 0 aliphatic heterocycles. The van der Waals surface area contributed by atoms with Gasteiger partial charge in [0.15, 0.2) is 5.78 Å². The number of sulfonamides is 1. The number of nitrogens with zero attached hydrogens (tertiary/aromatic N) is 1. The van der Waals surface area contributed by atoms with Crippen LogP contribution in [0.3, 0.4) is 0 Å². The van der Waals surface area contributed by atoms with Crippen LogP contribution < -0.4 is 0 Å². The summed E-state index contributed by atoms with van der Waals surface area (Å²) in [5.74, 6) is -0.134. The first-order chi connectivity index (χ1) is 8.89. The quantitative estimate of drug-likeness (QED) is 0.571. The van der Waals surface area contributed by atoms with E-state index in [2.05, 4.69) is 6.92 Å². The molecule has 0 aromatic heterocycles. The fourth-order valence-electron chi connectivity index (χ4n) is 1.76. The van der Waals surface area contributed by atoms with E-state index in [1.807, 2.05) is 0 Å². The molecule has 0 unspecified atom stereocenters. The van der Waals surface area contributed by atoms with Crippen LogP contribution in [0.5, 0.6) is 0 Å². The van der Waals surface area contributed by atoms with Crippen molar-refractivity contribution in [2.45, 2.75) is 38.0 Å². The molecule has 0 aliphatic carbocycles. The molecule has 1 aromatic carbocycles. The third-order valence-electron chi connectivity index (χ3n) is 3.03. The van der Waals surface area contributed by atoms with Crippen molar-refractivity contribution in [2.24, 2.45) is 0 Å². The molecule has 0 N–H and O–H groups in total. The van der Waals surface area contributed by atoms with E-state index in [1.54, 1.807) is 19.2 Å². The molecular weight excluding hydrogens is 262 g/mol. The Balaban J connectivity index is 2.93. The molecule has 0 aliphatic rings. The van der Waals surface area contributed by atoms with Crippen molar-refractivity contribution in [3.63, 3.8) is 0 Å². The standard InChI is InChI=1S/C14H21NO3S/c1-4-5-6-10-15(3)19(17,18)14-9-7-8-13(11-14)12(2)16/h7-9,11H,4-6,10H2,1-3H3. The largest absolute Gasteiger partial charge is 0.295 e. The molecule has 0 spiro atoms. The van der Waals surface area contributed by atoms with Crippen LogP contribution in [0.25, 0.3) is 0 Å². The molecule has 0 radical (unpaired) electrons. The number of carbonyl (C=O) groups is 1. The van der Waals surface area contributed by atoms with Crippen LogP contribution in [0.2, 0.25) is 0 Å². The Morgan fingerprint density at radius 3 is 2.53 bits per heavy atom. The molecule has 0 atom stereocenters. The van der Waals surface area contributed by atoms with Gasteiger partial charge in [0.25, 0.3) is 0 Å². The van der Waals surface area contributed by atoms with Crippen LogP contribution >= 0.6 is 0 Å². The summed E-state index contributed by atoms with van der Waals surface area (Å²) in [6, 6.07) is 6.19. The Labute approximate surface area is 115 Å². The van der Waals surface area contributed by atoms with Gasteiger partial charge in [0.05, 0.1) is 4.90 Å². The second-order valence-corrected chi connectivity index (χ2v) is 6.66. The van der Waals surface area contributed by atoms with Crippen molar-refractivity contribution in [2.75, 3.05) is 13.6 Å². The molecule has 1 aromatic rings. The van der Waals surface area contributed by atoms with Crippen molar-refractivity contribution in [1.29, 1.82) is 0 Å². The molecule has 0 saturated heterocycles. The van der Waals surface area contributed by atoms with Gasteiger partial charge < -0.3 is 0 Å². The molecule has 1 rings (SSSR count). The minimum absolute atomic E-state index is 0.134. The summed E-state index contributed by atoms with van der Waals surface area (Å²) in [7, 11) is -1.92. The highest BCUT2D eigenvalue weighted by atomic mass is 32.2. The summed E-state index contributed by atoms with van der Waals surface area (Å²) in [5.41, 5.74) is 0.419. The zero-order valence-electron chi connectivity index (χ0n) is 11.7. The highest BCUT2D eigenvalue weighted by Gasteiger charge is 2.20. The van der Waals surface area contributed by atoms with E-state index in [-0.39, 0.29) is 10.7 Å². The molecule has 0 amide bonds. The first-order valence-electron chi connectivity index (χ1n) is 6.47. The fourth-order valence-corrected chi connectivity index (χ4v) is 3.02. The number of unbranched alkanes of at least 4 members (excludes halogenated alkanes) is 2. The summed E-state index contributed by atoms with van der Waals surface area (Å²) in [6.07, 6.45) is 2.90. The smallest absolute Gasteiger partial charge is 0.242 e. The lowest BCUT2D eigenvalue weighted by Gasteiger charge is -2.17. The molecule has 0 fully saturated rings. The Kier molecular flexibility index (Phi) is 5.69. The zero-order chi connectivity index (χ0) is 14.5. The summed E-state index contributed by atoms with van der Waals surface area (Å²) in [5, 5.41) is 0. The number of hydrogen-bond donors (Lipinski definition) is 0. The maximum Gasteiger partial charge on any atom is 0.242 e. The Morgan fingerprint density at radius 1 is 1.26 bits per heavy atom. The second kappa shape index (κ2) is 6.82. The van der Waals surface area contributed by atoms with Gasteiger partial charge in [-0.3, -0.25) is 4.79 Å². The minimum Gasteiger partial charge on any atom is -0.295 e. The number of Topliss-reactive ketones (excluding diaryl/α,β-unsaturated/α-hetero) is 1. The normalized spacial score (nSPS) is 11.8. The SMILES string of the molecule is CCCCCN(C)S(=O)(=O)c1cccc(C(C)=O)c1. The molecule has 4 nitrogen and oxygen atoms in total. The van der Waals surface area contributed by atoms with Crippen molar-refractivity contribution in [1.82, 2.24) is 4.31 Å². The van der Waals surface area contributed by atoms with Gasteiger partial charge in [-0.2, -0.15) is 0 Å². The van der Waals surface area contributed by atoms with Gasteiger partial charge >= 0.3 is 0 Å². The van der Waals surface area contributed by atoms with Crippen molar-refractivity contribution in [3.05, 3.63) is 29.8 Å². The van der Waals surface area contributed by atoms with E-state index >= 15 is 0 Å². The van der Waals surface area contributed by atoms with E-state index < -0.39 is 10.0 Å². The van der Waals surface area contributed by atoms with Crippen molar-refractivity contribution < 1.29 is 13.2 Å². The first kappa shape index (κ1) is 15.9. The molecular formula is C14H21NO3S. The van der Waals surface area contributed by atoms with Crippen LogP contribution in [0, 0.1) is 0 Å². The molecule has 0 saturated carbocycles. The molecule has 106 valence electrons. The highest BCUT2D eigenvalue weighted by Crippen LogP contribution is 2.17. The lowest BCUT2D eigenvalue weighted by atomic mass is 10.2. The maximum absolute atomic E-state index is 12.3. The van der Waals surface area contributed by atoms with Crippen LogP contribution in [0.15, 0.2) is 29.2 Å². The second-order valence-electron chi connectivity index (χ2n) is 4.62. The van der Waals surface area contributed by atoms with Crippen molar-refractivity contribution in [3.8, 4) is 0 Å². The zero-order valence-corrected chi connectivity index (χ0v) is 12.5. The Bertz CT molecular complexity index is 537. The van der Waals surface area contributed by atoms with E-state index in [0.29, 0.717) is 12.1 Å². The van der Waals surface area contributed by atoms with E-state index in [4.69, 9.17) is 0 Å². The Hall–Kier alpha value is -1.20. The van der Waals surface area contributed by atoms with Gasteiger partial charge in [-0.15, -0.1) is 0 Å². The monoisotopic (exact) mass is 283 g/mol. The van der Waals surface area contributed by atoms with Gasteiger partial charge in [-0.05, 0) is 25.5 Å². The number of ketones is 1. The first-order valence-corrected chi connectivity index (χ1v) is 7.91. The van der Waals surface area contributed by atoms with E-state index in [9.17, 15) is 13.2 Å². The number of carbonyl (C=O) groups excluding carboxylic acids is 1. The number of hydrogen-bond acceptors (Lipinski definition) is 3. The van der Waals surface area contributed by atoms with Crippen LogP contribution in [-0.2, 0) is 10.0 Å². The van der Waals surface area contributed by atoms with Gasteiger partial charge in [-0.25, -0.2) is 12.7 Å². The average Bonchev–Trinajstić information content (AvgIpc) is 2.39. The van der Waals surface area contributed by atoms with Crippen molar-refractivity contribution >= 4 is 15.8 Å². The average molecular weight is 283 g/mol. The summed E-state index contributed by atoms with van der Waals surface area (Å²) in [4.78, 5) is 11.5. The molecule has 0 bridgehead atoms. The van der Waals surface area contributed by atoms with Gasteiger partial charge in [-0.1, -0.05) is 31.9 Å². The third-order valence-corrected chi connectivity index (χ3v) is 4.88. The summed E-state index contributed by atoms with van der Waals surface area (Å²) < 4.78 is 26.0. The summed E-state index contributed by atoms with van der Waals surface area (Å²) in [6.45, 7) is 4.00.